The van der Waals surface area contributed by atoms with E-state index in [0.717, 1.165) is 19.6 Å². The quantitative estimate of drug-likeness (QED) is 0.875. The molecule has 1 saturated heterocycles. The van der Waals surface area contributed by atoms with Gasteiger partial charge < -0.3 is 15.1 Å². The molecule has 21 heavy (non-hydrogen) atoms. The minimum atomic E-state index is 0.408. The molecule has 1 aliphatic rings. The molecule has 2 heterocycles. The van der Waals surface area contributed by atoms with Crippen LogP contribution in [0.3, 0.4) is 0 Å². The van der Waals surface area contributed by atoms with Gasteiger partial charge in [-0.2, -0.15) is 0 Å². The van der Waals surface area contributed by atoms with E-state index in [1.54, 1.807) is 0 Å². The Balaban J connectivity index is 2.07. The van der Waals surface area contributed by atoms with Crippen molar-refractivity contribution < 1.29 is 0 Å². The highest BCUT2D eigenvalue weighted by atomic mass is 32.1. The van der Waals surface area contributed by atoms with Gasteiger partial charge in [0.2, 0.25) is 0 Å². The van der Waals surface area contributed by atoms with E-state index in [2.05, 4.69) is 49.1 Å². The number of thiazole rings is 1. The van der Waals surface area contributed by atoms with Crippen LogP contribution in [0.5, 0.6) is 0 Å². The summed E-state index contributed by atoms with van der Waals surface area (Å²) in [7, 11) is 2.23. The lowest BCUT2D eigenvalue weighted by Gasteiger charge is -2.29. The van der Waals surface area contributed by atoms with Crippen LogP contribution in [0.2, 0.25) is 0 Å². The molecule has 2 unspecified atom stereocenters. The molecule has 1 N–H and O–H groups in total. The summed E-state index contributed by atoms with van der Waals surface area (Å²) >= 11 is 1.86. The third-order valence-electron chi connectivity index (χ3n) is 4.26. The average Bonchev–Trinajstić information content (AvgIpc) is 2.89. The molecule has 5 heteroatoms. The molecule has 2 atom stereocenters. The van der Waals surface area contributed by atoms with Crippen molar-refractivity contribution in [1.82, 2.24) is 15.2 Å². The molecule has 2 rings (SSSR count). The van der Waals surface area contributed by atoms with Crippen LogP contribution in [0.4, 0.5) is 5.13 Å². The van der Waals surface area contributed by atoms with Crippen molar-refractivity contribution >= 4 is 16.5 Å². The van der Waals surface area contributed by atoms with Gasteiger partial charge >= 0.3 is 0 Å². The molecule has 0 radical (unpaired) electrons. The zero-order chi connectivity index (χ0) is 15.2. The van der Waals surface area contributed by atoms with Crippen LogP contribution in [0.1, 0.15) is 51.0 Å². The monoisotopic (exact) mass is 310 g/mol. The number of rotatable bonds is 6. The maximum atomic E-state index is 4.72. The zero-order valence-corrected chi connectivity index (χ0v) is 14.7. The Morgan fingerprint density at radius 3 is 2.95 bits per heavy atom. The van der Waals surface area contributed by atoms with Gasteiger partial charge in [0.1, 0.15) is 0 Å². The van der Waals surface area contributed by atoms with E-state index in [1.807, 2.05) is 11.3 Å². The number of hydrogen-bond acceptors (Lipinski definition) is 5. The molecule has 0 aromatic carbocycles. The summed E-state index contributed by atoms with van der Waals surface area (Å²) in [5.74, 6) is 0. The Bertz CT molecular complexity index is 420. The molecular formula is C16H30N4S. The summed E-state index contributed by atoms with van der Waals surface area (Å²) < 4.78 is 0. The largest absolute Gasteiger partial charge is 0.344 e. The first-order valence-corrected chi connectivity index (χ1v) is 9.11. The molecule has 0 aliphatic carbocycles. The SMILES string of the molecule is CCCNC(C)c1cnc(N2CCCN(C)CC2CC)s1. The van der Waals surface area contributed by atoms with Crippen LogP contribution in [0.15, 0.2) is 6.20 Å². The standard InChI is InChI=1S/C16H30N4S/c1-5-8-17-13(3)15-11-18-16(21-15)20-10-7-9-19(4)12-14(20)6-2/h11,13-14,17H,5-10,12H2,1-4H3. The average molecular weight is 311 g/mol. The van der Waals surface area contributed by atoms with Gasteiger partial charge in [0.05, 0.1) is 0 Å². The lowest BCUT2D eigenvalue weighted by Crippen LogP contribution is -2.39. The number of hydrogen-bond donors (Lipinski definition) is 1. The van der Waals surface area contributed by atoms with Crippen LogP contribution < -0.4 is 10.2 Å². The smallest absolute Gasteiger partial charge is 0.185 e. The third kappa shape index (κ3) is 4.41. The highest BCUT2D eigenvalue weighted by Crippen LogP contribution is 2.30. The molecule has 1 aromatic rings. The molecule has 120 valence electrons. The van der Waals surface area contributed by atoms with E-state index in [4.69, 9.17) is 4.98 Å². The Hall–Kier alpha value is -0.650. The minimum absolute atomic E-state index is 0.408. The van der Waals surface area contributed by atoms with Gasteiger partial charge in [-0.25, -0.2) is 4.98 Å². The van der Waals surface area contributed by atoms with Crippen LogP contribution in [-0.4, -0.2) is 49.2 Å². The van der Waals surface area contributed by atoms with Crippen molar-refractivity contribution in [2.45, 2.75) is 52.1 Å². The van der Waals surface area contributed by atoms with E-state index in [1.165, 1.54) is 35.8 Å². The highest BCUT2D eigenvalue weighted by molar-refractivity contribution is 7.15. The lowest BCUT2D eigenvalue weighted by molar-refractivity contribution is 0.328. The van der Waals surface area contributed by atoms with Crippen molar-refractivity contribution in [1.29, 1.82) is 0 Å². The fourth-order valence-corrected chi connectivity index (χ4v) is 3.96. The maximum Gasteiger partial charge on any atom is 0.185 e. The Labute approximate surface area is 133 Å². The van der Waals surface area contributed by atoms with E-state index in [9.17, 15) is 0 Å². The molecule has 1 aliphatic heterocycles. The molecule has 1 fully saturated rings. The Morgan fingerprint density at radius 1 is 1.43 bits per heavy atom. The second kappa shape index (κ2) is 8.11. The molecule has 0 spiro atoms. The second-order valence-corrected chi connectivity index (χ2v) is 7.13. The van der Waals surface area contributed by atoms with Gasteiger partial charge in [-0.1, -0.05) is 13.8 Å². The Kier molecular flexibility index (Phi) is 6.45. The van der Waals surface area contributed by atoms with E-state index in [-0.39, 0.29) is 0 Å². The van der Waals surface area contributed by atoms with Crippen LogP contribution >= 0.6 is 11.3 Å². The van der Waals surface area contributed by atoms with Gasteiger partial charge in [-0.3, -0.25) is 0 Å². The highest BCUT2D eigenvalue weighted by Gasteiger charge is 2.24. The summed E-state index contributed by atoms with van der Waals surface area (Å²) in [6.45, 7) is 11.3. The van der Waals surface area contributed by atoms with E-state index in [0.29, 0.717) is 12.1 Å². The van der Waals surface area contributed by atoms with Gasteiger partial charge in [0.15, 0.2) is 5.13 Å². The summed E-state index contributed by atoms with van der Waals surface area (Å²) in [5, 5.41) is 4.76. The van der Waals surface area contributed by atoms with E-state index < -0.39 is 0 Å². The first-order valence-electron chi connectivity index (χ1n) is 8.30. The lowest BCUT2D eigenvalue weighted by atomic mass is 10.2. The third-order valence-corrected chi connectivity index (χ3v) is 5.47. The van der Waals surface area contributed by atoms with Crippen molar-refractivity contribution in [3.8, 4) is 0 Å². The summed E-state index contributed by atoms with van der Waals surface area (Å²) in [4.78, 5) is 11.1. The summed E-state index contributed by atoms with van der Waals surface area (Å²) in [6.07, 6.45) is 5.65. The first kappa shape index (κ1) is 16.7. The maximum absolute atomic E-state index is 4.72. The first-order chi connectivity index (χ1) is 10.2. The number of nitrogens with one attached hydrogen (secondary N) is 1. The molecule has 1 aromatic heterocycles. The number of likely N-dealkylation sites (N-methyl/N-ethyl adjacent to an activating group) is 1. The minimum Gasteiger partial charge on any atom is -0.344 e. The number of aromatic nitrogens is 1. The molecule has 0 bridgehead atoms. The zero-order valence-electron chi connectivity index (χ0n) is 13.9. The predicted molar refractivity (Wildman–Crippen MR) is 92.4 cm³/mol. The molecule has 0 saturated carbocycles. The van der Waals surface area contributed by atoms with Crippen LogP contribution in [0, 0.1) is 0 Å². The molecule has 4 nitrogen and oxygen atoms in total. The van der Waals surface area contributed by atoms with Gasteiger partial charge in [-0.15, -0.1) is 11.3 Å². The number of nitrogens with zero attached hydrogens (tertiary/aromatic N) is 3. The van der Waals surface area contributed by atoms with Crippen LogP contribution in [-0.2, 0) is 0 Å². The van der Waals surface area contributed by atoms with Crippen molar-refractivity contribution in [3.05, 3.63) is 11.1 Å². The van der Waals surface area contributed by atoms with Crippen molar-refractivity contribution in [2.75, 3.05) is 38.1 Å². The molecule has 0 amide bonds. The normalized spacial score (nSPS) is 22.3. The van der Waals surface area contributed by atoms with Crippen molar-refractivity contribution in [2.24, 2.45) is 0 Å². The van der Waals surface area contributed by atoms with Crippen LogP contribution in [0.25, 0.3) is 0 Å². The number of anilines is 1. The fourth-order valence-electron chi connectivity index (χ4n) is 2.92. The fraction of sp³-hybridized carbons (Fsp3) is 0.812. The Morgan fingerprint density at radius 2 is 2.24 bits per heavy atom. The topological polar surface area (TPSA) is 31.4 Å². The van der Waals surface area contributed by atoms with Gasteiger partial charge in [0, 0.05) is 36.2 Å². The second-order valence-electron chi connectivity index (χ2n) is 6.09. The summed E-state index contributed by atoms with van der Waals surface area (Å²) in [6, 6.07) is 1.00. The van der Waals surface area contributed by atoms with Gasteiger partial charge in [-0.05, 0) is 46.3 Å². The molecular weight excluding hydrogens is 280 g/mol. The summed E-state index contributed by atoms with van der Waals surface area (Å²) in [5.41, 5.74) is 0. The predicted octanol–water partition coefficient (Wildman–Crippen LogP) is 3.12. The van der Waals surface area contributed by atoms with Crippen molar-refractivity contribution in [3.63, 3.8) is 0 Å². The van der Waals surface area contributed by atoms with E-state index >= 15 is 0 Å². The van der Waals surface area contributed by atoms with Gasteiger partial charge in [0.25, 0.3) is 0 Å².